The number of aliphatic hydroxyl groups is 1. The molecule has 0 aliphatic carbocycles. The van der Waals surface area contributed by atoms with Gasteiger partial charge in [-0.3, -0.25) is 0 Å². The summed E-state index contributed by atoms with van der Waals surface area (Å²) in [7, 11) is 3.92. The summed E-state index contributed by atoms with van der Waals surface area (Å²) in [4.78, 5) is 2.07. The first-order valence-corrected chi connectivity index (χ1v) is 6.69. The number of anilines is 1. The number of hydrogen-bond acceptors (Lipinski definition) is 3. The molecule has 0 aliphatic rings. The maximum atomic E-state index is 9.30. The molecule has 1 rings (SSSR count). The third kappa shape index (κ3) is 4.16. The van der Waals surface area contributed by atoms with Gasteiger partial charge >= 0.3 is 0 Å². The Kier molecular flexibility index (Phi) is 5.93. The highest BCUT2D eigenvalue weighted by atomic mass is 35.5. The molecule has 102 valence electrons. The van der Waals surface area contributed by atoms with E-state index in [9.17, 15) is 5.11 Å². The highest BCUT2D eigenvalue weighted by Gasteiger charge is 2.10. The van der Waals surface area contributed by atoms with Crippen molar-refractivity contribution >= 4 is 17.3 Å². The Morgan fingerprint density at radius 3 is 2.56 bits per heavy atom. The molecule has 0 fully saturated rings. The monoisotopic (exact) mass is 270 g/mol. The van der Waals surface area contributed by atoms with Crippen molar-refractivity contribution in [1.29, 1.82) is 0 Å². The number of rotatable bonds is 6. The van der Waals surface area contributed by atoms with Crippen LogP contribution in [0.15, 0.2) is 18.2 Å². The maximum absolute atomic E-state index is 9.30. The lowest BCUT2D eigenvalue weighted by molar-refractivity contribution is 0.187. The third-order valence-electron chi connectivity index (χ3n) is 3.20. The Balaban J connectivity index is 2.78. The molecule has 0 aliphatic heterocycles. The summed E-state index contributed by atoms with van der Waals surface area (Å²) >= 11 is 6.31. The van der Waals surface area contributed by atoms with E-state index < -0.39 is 0 Å². The van der Waals surface area contributed by atoms with Crippen LogP contribution in [-0.2, 0) is 0 Å². The van der Waals surface area contributed by atoms with Gasteiger partial charge in [-0.05, 0) is 45.0 Å². The van der Waals surface area contributed by atoms with E-state index in [-0.39, 0.29) is 6.10 Å². The zero-order valence-electron chi connectivity index (χ0n) is 11.6. The minimum Gasteiger partial charge on any atom is -0.393 e. The molecule has 0 bridgehead atoms. The second kappa shape index (κ2) is 6.98. The Bertz CT molecular complexity index is 382. The van der Waals surface area contributed by atoms with Gasteiger partial charge in [0, 0.05) is 19.6 Å². The molecule has 2 atom stereocenters. The molecule has 3 nitrogen and oxygen atoms in total. The van der Waals surface area contributed by atoms with E-state index in [1.807, 2.05) is 26.2 Å². The highest BCUT2D eigenvalue weighted by Crippen LogP contribution is 2.28. The summed E-state index contributed by atoms with van der Waals surface area (Å²) in [5.41, 5.74) is 2.18. The molecule has 1 aromatic carbocycles. The molecule has 2 unspecified atom stereocenters. The van der Waals surface area contributed by atoms with Crippen LogP contribution in [0.25, 0.3) is 0 Å². The minimum absolute atomic E-state index is 0.283. The lowest BCUT2D eigenvalue weighted by Gasteiger charge is -2.22. The first-order chi connectivity index (χ1) is 8.45. The van der Waals surface area contributed by atoms with Gasteiger partial charge in [-0.2, -0.15) is 0 Å². The van der Waals surface area contributed by atoms with Crippen LogP contribution < -0.4 is 10.2 Å². The average molecular weight is 271 g/mol. The largest absolute Gasteiger partial charge is 0.393 e. The van der Waals surface area contributed by atoms with E-state index in [1.165, 1.54) is 5.56 Å². The van der Waals surface area contributed by atoms with E-state index in [1.54, 1.807) is 6.92 Å². The van der Waals surface area contributed by atoms with Gasteiger partial charge in [0.15, 0.2) is 0 Å². The zero-order chi connectivity index (χ0) is 13.7. The normalized spacial score (nSPS) is 14.3. The molecule has 1 aromatic rings. The summed E-state index contributed by atoms with van der Waals surface area (Å²) in [5.74, 6) is 0. The van der Waals surface area contributed by atoms with Crippen molar-refractivity contribution in [2.75, 3.05) is 25.5 Å². The van der Waals surface area contributed by atoms with Crippen LogP contribution in [0.3, 0.4) is 0 Å². The number of benzene rings is 1. The maximum Gasteiger partial charge on any atom is 0.0642 e. The zero-order valence-corrected chi connectivity index (χ0v) is 12.3. The van der Waals surface area contributed by atoms with Gasteiger partial charge in [0.1, 0.15) is 0 Å². The number of nitrogens with zero attached hydrogens (tertiary/aromatic N) is 1. The Morgan fingerprint density at radius 1 is 1.39 bits per heavy atom. The fourth-order valence-corrected chi connectivity index (χ4v) is 2.10. The van der Waals surface area contributed by atoms with Crippen LogP contribution in [0.2, 0.25) is 5.02 Å². The van der Waals surface area contributed by atoms with Gasteiger partial charge in [0.2, 0.25) is 0 Å². The molecule has 0 aromatic heterocycles. The van der Waals surface area contributed by atoms with Crippen LogP contribution in [0.1, 0.15) is 31.9 Å². The van der Waals surface area contributed by atoms with Crippen molar-refractivity contribution in [3.8, 4) is 0 Å². The van der Waals surface area contributed by atoms with Crippen molar-refractivity contribution in [3.63, 3.8) is 0 Å². The smallest absolute Gasteiger partial charge is 0.0642 e. The van der Waals surface area contributed by atoms with Crippen molar-refractivity contribution < 1.29 is 5.11 Å². The van der Waals surface area contributed by atoms with E-state index in [0.29, 0.717) is 6.04 Å². The van der Waals surface area contributed by atoms with Gasteiger partial charge < -0.3 is 15.3 Å². The second-order valence-corrected chi connectivity index (χ2v) is 5.19. The highest BCUT2D eigenvalue weighted by molar-refractivity contribution is 6.33. The Labute approximate surface area is 115 Å². The van der Waals surface area contributed by atoms with Gasteiger partial charge in [-0.25, -0.2) is 0 Å². The predicted molar refractivity (Wildman–Crippen MR) is 78.5 cm³/mol. The van der Waals surface area contributed by atoms with E-state index in [2.05, 4.69) is 23.2 Å². The van der Waals surface area contributed by atoms with Crippen LogP contribution in [-0.4, -0.2) is 31.9 Å². The molecule has 0 heterocycles. The van der Waals surface area contributed by atoms with Gasteiger partial charge in [-0.1, -0.05) is 17.7 Å². The number of nitrogens with one attached hydrogen (secondary N) is 1. The van der Waals surface area contributed by atoms with E-state index in [0.717, 1.165) is 23.7 Å². The van der Waals surface area contributed by atoms with Crippen LogP contribution in [0.4, 0.5) is 5.69 Å². The molecule has 2 N–H and O–H groups in total. The number of aliphatic hydroxyl groups excluding tert-OH is 1. The molecule has 0 saturated carbocycles. The van der Waals surface area contributed by atoms with E-state index >= 15 is 0 Å². The standard InChI is InChI=1S/C14H23ClN2O/c1-10(18)7-8-17(4)14-6-5-12(9-13(14)15)11(2)16-3/h5-6,9-11,16,18H,7-8H2,1-4H3. The average Bonchev–Trinajstić information content (AvgIpc) is 2.34. The Hall–Kier alpha value is -0.770. The fraction of sp³-hybridized carbons (Fsp3) is 0.571. The molecular formula is C14H23ClN2O. The molecule has 18 heavy (non-hydrogen) atoms. The molecule has 0 saturated heterocycles. The summed E-state index contributed by atoms with van der Waals surface area (Å²) in [5, 5.41) is 13.2. The van der Waals surface area contributed by atoms with Crippen molar-refractivity contribution in [3.05, 3.63) is 28.8 Å². The van der Waals surface area contributed by atoms with Crippen LogP contribution >= 0.6 is 11.6 Å². The van der Waals surface area contributed by atoms with Crippen molar-refractivity contribution in [1.82, 2.24) is 5.32 Å². The summed E-state index contributed by atoms with van der Waals surface area (Å²) < 4.78 is 0. The number of halogens is 1. The minimum atomic E-state index is -0.283. The lowest BCUT2D eigenvalue weighted by atomic mass is 10.1. The molecule has 0 spiro atoms. The van der Waals surface area contributed by atoms with Gasteiger partial charge in [-0.15, -0.1) is 0 Å². The molecular weight excluding hydrogens is 248 g/mol. The number of hydrogen-bond donors (Lipinski definition) is 2. The first-order valence-electron chi connectivity index (χ1n) is 6.31. The molecule has 4 heteroatoms. The van der Waals surface area contributed by atoms with Crippen molar-refractivity contribution in [2.45, 2.75) is 32.4 Å². The second-order valence-electron chi connectivity index (χ2n) is 4.78. The summed E-state index contributed by atoms with van der Waals surface area (Å²) in [6.07, 6.45) is 0.455. The predicted octanol–water partition coefficient (Wildman–Crippen LogP) is 2.83. The topological polar surface area (TPSA) is 35.5 Å². The van der Waals surface area contributed by atoms with Crippen LogP contribution in [0.5, 0.6) is 0 Å². The third-order valence-corrected chi connectivity index (χ3v) is 3.50. The van der Waals surface area contributed by atoms with Crippen LogP contribution in [0, 0.1) is 0 Å². The van der Waals surface area contributed by atoms with Gasteiger partial charge in [0.25, 0.3) is 0 Å². The summed E-state index contributed by atoms with van der Waals surface area (Å²) in [6.45, 7) is 4.69. The molecule has 0 radical (unpaired) electrons. The van der Waals surface area contributed by atoms with Gasteiger partial charge in [0.05, 0.1) is 16.8 Å². The SMILES string of the molecule is CNC(C)c1ccc(N(C)CCC(C)O)c(Cl)c1. The Morgan fingerprint density at radius 2 is 2.06 bits per heavy atom. The quantitative estimate of drug-likeness (QED) is 0.834. The first kappa shape index (κ1) is 15.3. The lowest BCUT2D eigenvalue weighted by Crippen LogP contribution is -2.22. The van der Waals surface area contributed by atoms with E-state index in [4.69, 9.17) is 11.6 Å². The molecule has 0 amide bonds. The fourth-order valence-electron chi connectivity index (χ4n) is 1.77. The summed E-state index contributed by atoms with van der Waals surface area (Å²) in [6, 6.07) is 6.41. The van der Waals surface area contributed by atoms with Crippen molar-refractivity contribution in [2.24, 2.45) is 0 Å².